The maximum Gasteiger partial charge on any atom is 0.303 e. The Morgan fingerprint density at radius 2 is 1.35 bits per heavy atom. The van der Waals surface area contributed by atoms with Gasteiger partial charge in [0.25, 0.3) is 0 Å². The molecule has 0 atom stereocenters. The van der Waals surface area contributed by atoms with Gasteiger partial charge < -0.3 is 9.84 Å². The number of carbonyl (C=O) groups excluding carboxylic acids is 1. The summed E-state index contributed by atoms with van der Waals surface area (Å²) in [6, 6.07) is 19.6. The minimum absolute atomic E-state index is 0.212. The van der Waals surface area contributed by atoms with E-state index in [0.29, 0.717) is 13.0 Å². The van der Waals surface area contributed by atoms with Crippen LogP contribution in [-0.2, 0) is 27.2 Å². The van der Waals surface area contributed by atoms with Crippen molar-refractivity contribution in [3.63, 3.8) is 0 Å². The number of hydrogen-bond donors (Lipinski definition) is 1. The molecule has 0 amide bonds. The van der Waals surface area contributed by atoms with Crippen LogP contribution in [0, 0.1) is 0 Å². The summed E-state index contributed by atoms with van der Waals surface area (Å²) in [6.45, 7) is 1.89. The second-order valence-electron chi connectivity index (χ2n) is 4.95. The highest BCUT2D eigenvalue weighted by Crippen LogP contribution is 2.01. The second-order valence-corrected chi connectivity index (χ2v) is 4.95. The van der Waals surface area contributed by atoms with Crippen LogP contribution >= 0.6 is 0 Å². The summed E-state index contributed by atoms with van der Waals surface area (Å²) >= 11 is 0. The van der Waals surface area contributed by atoms with Gasteiger partial charge in [0.1, 0.15) is 0 Å². The Kier molecular flexibility index (Phi) is 8.83. The van der Waals surface area contributed by atoms with E-state index < -0.39 is 5.97 Å². The molecule has 0 aliphatic rings. The molecule has 0 unspecified atom stereocenters. The number of carboxylic acids is 1. The molecule has 4 heteroatoms. The van der Waals surface area contributed by atoms with Crippen LogP contribution < -0.4 is 0 Å². The maximum atomic E-state index is 10.4. The fraction of sp³-hybridized carbons (Fsp3) is 0.263. The lowest BCUT2D eigenvalue weighted by Gasteiger charge is -2.00. The summed E-state index contributed by atoms with van der Waals surface area (Å²) in [5, 5.41) is 8.37. The Balaban J connectivity index is 0.000000231. The summed E-state index contributed by atoms with van der Waals surface area (Å²) in [7, 11) is 0. The monoisotopic (exact) mass is 314 g/mol. The van der Waals surface area contributed by atoms with Gasteiger partial charge in [0, 0.05) is 19.8 Å². The minimum Gasteiger partial charge on any atom is -0.481 e. The number of aryl methyl sites for hydroxylation is 1. The van der Waals surface area contributed by atoms with Gasteiger partial charge in [-0.25, -0.2) is 0 Å². The maximum absolute atomic E-state index is 10.4. The number of ether oxygens (including phenoxy) is 1. The van der Waals surface area contributed by atoms with Gasteiger partial charge in [-0.3, -0.25) is 9.59 Å². The van der Waals surface area contributed by atoms with E-state index >= 15 is 0 Å². The van der Waals surface area contributed by atoms with Crippen molar-refractivity contribution in [1.29, 1.82) is 0 Å². The molecule has 0 heterocycles. The van der Waals surface area contributed by atoms with E-state index in [-0.39, 0.29) is 12.4 Å². The summed E-state index contributed by atoms with van der Waals surface area (Å²) in [5.41, 5.74) is 2.27. The van der Waals surface area contributed by atoms with Crippen LogP contribution in [0.3, 0.4) is 0 Å². The number of hydrogen-bond acceptors (Lipinski definition) is 3. The third kappa shape index (κ3) is 9.85. The lowest BCUT2D eigenvalue weighted by atomic mass is 10.1. The molecule has 23 heavy (non-hydrogen) atoms. The molecule has 2 aromatic carbocycles. The molecule has 0 saturated carbocycles. The highest BCUT2D eigenvalue weighted by molar-refractivity contribution is 5.67. The number of carbonyl (C=O) groups is 2. The van der Waals surface area contributed by atoms with Gasteiger partial charge in [0.05, 0.1) is 6.61 Å². The number of esters is 1. The molecule has 0 aromatic heterocycles. The molecule has 1 N–H and O–H groups in total. The zero-order chi connectivity index (χ0) is 16.9. The van der Waals surface area contributed by atoms with Gasteiger partial charge >= 0.3 is 11.9 Å². The third-order valence-corrected chi connectivity index (χ3v) is 3.01. The predicted molar refractivity (Wildman–Crippen MR) is 89.2 cm³/mol. The van der Waals surface area contributed by atoms with Crippen molar-refractivity contribution in [2.24, 2.45) is 0 Å². The number of rotatable bonds is 6. The van der Waals surface area contributed by atoms with Crippen LogP contribution in [0.5, 0.6) is 0 Å². The van der Waals surface area contributed by atoms with Crippen molar-refractivity contribution >= 4 is 11.9 Å². The molecule has 2 rings (SSSR count). The molecule has 122 valence electrons. The van der Waals surface area contributed by atoms with Crippen LogP contribution in [-0.4, -0.2) is 23.7 Å². The van der Waals surface area contributed by atoms with Crippen LogP contribution in [0.15, 0.2) is 60.7 Å². The predicted octanol–water partition coefficient (Wildman–Crippen LogP) is 3.50. The lowest BCUT2D eigenvalue weighted by Crippen LogP contribution is -2.02. The summed E-state index contributed by atoms with van der Waals surface area (Å²) < 4.78 is 4.81. The van der Waals surface area contributed by atoms with E-state index in [1.807, 2.05) is 60.7 Å². The first kappa shape index (κ1) is 18.4. The number of aliphatic carboxylic acids is 1. The van der Waals surface area contributed by atoms with Crippen LogP contribution in [0.4, 0.5) is 0 Å². The second kappa shape index (κ2) is 11.0. The molecular weight excluding hydrogens is 292 g/mol. The Bertz CT molecular complexity index is 579. The van der Waals surface area contributed by atoms with Gasteiger partial charge in [0.15, 0.2) is 0 Å². The van der Waals surface area contributed by atoms with E-state index in [9.17, 15) is 9.59 Å². The molecule has 0 saturated heterocycles. The molecule has 0 bridgehead atoms. The Labute approximate surface area is 136 Å². The molecule has 0 spiro atoms. The Morgan fingerprint density at radius 1 is 0.870 bits per heavy atom. The van der Waals surface area contributed by atoms with E-state index in [4.69, 9.17) is 9.84 Å². The van der Waals surface area contributed by atoms with Crippen LogP contribution in [0.25, 0.3) is 0 Å². The standard InChI is InChI=1S/C10H12O2.C9H10O2/c1-9(11)12-8-7-10-5-3-2-4-6-10;10-9(11)7-6-8-4-2-1-3-5-8/h2-6H,7-8H2,1H3;1-5H,6-7H2,(H,10,11). The number of carboxylic acid groups (broad SMARTS) is 1. The van der Waals surface area contributed by atoms with Crippen molar-refractivity contribution < 1.29 is 19.4 Å². The van der Waals surface area contributed by atoms with E-state index in [2.05, 4.69) is 0 Å². The first-order valence-electron chi connectivity index (χ1n) is 7.51. The van der Waals surface area contributed by atoms with Gasteiger partial charge in [-0.15, -0.1) is 0 Å². The quantitative estimate of drug-likeness (QED) is 0.829. The van der Waals surface area contributed by atoms with Crippen molar-refractivity contribution in [2.45, 2.75) is 26.2 Å². The summed E-state index contributed by atoms with van der Waals surface area (Å²) in [6.07, 6.45) is 1.63. The van der Waals surface area contributed by atoms with E-state index in [0.717, 1.165) is 12.0 Å². The zero-order valence-electron chi connectivity index (χ0n) is 13.3. The third-order valence-electron chi connectivity index (χ3n) is 3.01. The normalized spacial score (nSPS) is 9.43. The van der Waals surface area contributed by atoms with Crippen molar-refractivity contribution in [1.82, 2.24) is 0 Å². The van der Waals surface area contributed by atoms with Gasteiger partial charge in [-0.2, -0.15) is 0 Å². The first-order chi connectivity index (χ1) is 11.1. The fourth-order valence-electron chi connectivity index (χ4n) is 1.85. The first-order valence-corrected chi connectivity index (χ1v) is 7.51. The molecule has 0 aliphatic heterocycles. The smallest absolute Gasteiger partial charge is 0.303 e. The van der Waals surface area contributed by atoms with Gasteiger partial charge in [-0.1, -0.05) is 60.7 Å². The highest BCUT2D eigenvalue weighted by Gasteiger charge is 1.96. The average molecular weight is 314 g/mol. The topological polar surface area (TPSA) is 63.6 Å². The van der Waals surface area contributed by atoms with Gasteiger partial charge in [-0.05, 0) is 17.5 Å². The SMILES string of the molecule is CC(=O)OCCc1ccccc1.O=C(O)CCc1ccccc1. The van der Waals surface area contributed by atoms with Crippen molar-refractivity contribution in [3.8, 4) is 0 Å². The Morgan fingerprint density at radius 3 is 1.78 bits per heavy atom. The molecular formula is C19H22O4. The molecule has 4 nitrogen and oxygen atoms in total. The molecule has 0 fully saturated rings. The minimum atomic E-state index is -0.742. The van der Waals surface area contributed by atoms with Crippen LogP contribution in [0.1, 0.15) is 24.5 Å². The highest BCUT2D eigenvalue weighted by atomic mass is 16.5. The van der Waals surface area contributed by atoms with Gasteiger partial charge in [0.2, 0.25) is 0 Å². The summed E-state index contributed by atoms with van der Waals surface area (Å²) in [4.78, 5) is 20.6. The summed E-state index contributed by atoms with van der Waals surface area (Å²) in [5.74, 6) is -0.959. The molecule has 0 radical (unpaired) electrons. The van der Waals surface area contributed by atoms with E-state index in [1.165, 1.54) is 12.5 Å². The van der Waals surface area contributed by atoms with Crippen LogP contribution in [0.2, 0.25) is 0 Å². The Hall–Kier alpha value is -2.62. The van der Waals surface area contributed by atoms with Crippen molar-refractivity contribution in [3.05, 3.63) is 71.8 Å². The largest absolute Gasteiger partial charge is 0.481 e. The lowest BCUT2D eigenvalue weighted by molar-refractivity contribution is -0.141. The van der Waals surface area contributed by atoms with E-state index in [1.54, 1.807) is 0 Å². The zero-order valence-corrected chi connectivity index (χ0v) is 13.3. The molecule has 2 aromatic rings. The molecule has 0 aliphatic carbocycles. The average Bonchev–Trinajstić information content (AvgIpc) is 2.55. The fourth-order valence-corrected chi connectivity index (χ4v) is 1.85. The van der Waals surface area contributed by atoms with Crippen molar-refractivity contribution in [2.75, 3.05) is 6.61 Å². The number of benzene rings is 2.